The lowest BCUT2D eigenvalue weighted by molar-refractivity contribution is -0.152. The van der Waals surface area contributed by atoms with Crippen molar-refractivity contribution in [2.24, 2.45) is 11.8 Å². The molecule has 2 aromatic rings. The van der Waals surface area contributed by atoms with Crippen molar-refractivity contribution in [2.45, 2.75) is 19.4 Å². The van der Waals surface area contributed by atoms with Crippen LogP contribution < -0.4 is 5.32 Å². The van der Waals surface area contributed by atoms with E-state index in [0.717, 1.165) is 5.56 Å². The molecule has 2 unspecified atom stereocenters. The van der Waals surface area contributed by atoms with E-state index in [1.54, 1.807) is 0 Å². The number of nitrogens with zero attached hydrogens (tertiary/aromatic N) is 1. The molecule has 1 aliphatic rings. The third-order valence-corrected chi connectivity index (χ3v) is 3.94. The summed E-state index contributed by atoms with van der Waals surface area (Å²) in [5.74, 6) is -1.63. The van der Waals surface area contributed by atoms with E-state index < -0.39 is 17.8 Å². The van der Waals surface area contributed by atoms with E-state index in [0.29, 0.717) is 24.4 Å². The molecule has 1 heterocycles. The largest absolute Gasteiger partial charge is 0.481 e. The number of hydrogen-bond donors (Lipinski definition) is 2. The molecule has 1 saturated carbocycles. The van der Waals surface area contributed by atoms with Crippen LogP contribution in [0.2, 0.25) is 0 Å². The van der Waals surface area contributed by atoms with Gasteiger partial charge in [-0.3, -0.25) is 9.59 Å². The Morgan fingerprint density at radius 2 is 1.95 bits per heavy atom. The lowest BCUT2D eigenvalue weighted by atomic mass is 9.73. The zero-order chi connectivity index (χ0) is 15.5. The number of carboxylic acids is 1. The van der Waals surface area contributed by atoms with Gasteiger partial charge >= 0.3 is 5.97 Å². The topological polar surface area (TPSA) is 92.4 Å². The van der Waals surface area contributed by atoms with Crippen LogP contribution in [0.1, 0.15) is 18.5 Å². The molecule has 0 radical (unpaired) electrons. The third-order valence-electron chi connectivity index (χ3n) is 3.94. The molecule has 6 nitrogen and oxygen atoms in total. The first-order chi connectivity index (χ1) is 10.6. The van der Waals surface area contributed by atoms with Crippen molar-refractivity contribution in [3.05, 3.63) is 42.3 Å². The smallest absolute Gasteiger partial charge is 0.307 e. The Morgan fingerprint density at radius 3 is 2.59 bits per heavy atom. The van der Waals surface area contributed by atoms with Crippen LogP contribution >= 0.6 is 0 Å². The van der Waals surface area contributed by atoms with Crippen molar-refractivity contribution in [1.29, 1.82) is 0 Å². The van der Waals surface area contributed by atoms with Crippen molar-refractivity contribution in [3.8, 4) is 11.5 Å². The minimum Gasteiger partial charge on any atom is -0.481 e. The van der Waals surface area contributed by atoms with Gasteiger partial charge in [0.2, 0.25) is 11.8 Å². The zero-order valence-electron chi connectivity index (χ0n) is 11.9. The molecule has 1 aliphatic carbocycles. The molecule has 114 valence electrons. The number of benzene rings is 1. The number of hydrogen-bond acceptors (Lipinski definition) is 4. The van der Waals surface area contributed by atoms with Crippen LogP contribution in [0, 0.1) is 11.8 Å². The van der Waals surface area contributed by atoms with Crippen molar-refractivity contribution >= 4 is 11.9 Å². The van der Waals surface area contributed by atoms with Gasteiger partial charge in [-0.25, -0.2) is 4.98 Å². The summed E-state index contributed by atoms with van der Waals surface area (Å²) in [5.41, 5.74) is 1.48. The molecule has 6 heteroatoms. The van der Waals surface area contributed by atoms with Crippen molar-refractivity contribution in [2.75, 3.05) is 0 Å². The zero-order valence-corrected chi connectivity index (χ0v) is 11.9. The van der Waals surface area contributed by atoms with Crippen molar-refractivity contribution in [3.63, 3.8) is 0 Å². The minimum absolute atomic E-state index is 0.233. The average molecular weight is 300 g/mol. The van der Waals surface area contributed by atoms with Gasteiger partial charge in [0.1, 0.15) is 6.26 Å². The second-order valence-electron chi connectivity index (χ2n) is 5.36. The lowest BCUT2D eigenvalue weighted by Gasteiger charge is -2.31. The summed E-state index contributed by atoms with van der Waals surface area (Å²) in [4.78, 5) is 27.2. The number of amides is 1. The summed E-state index contributed by atoms with van der Waals surface area (Å²) in [6, 6.07) is 9.47. The Kier molecular flexibility index (Phi) is 3.91. The Labute approximate surface area is 127 Å². The number of nitrogens with one attached hydrogen (secondary N) is 1. The summed E-state index contributed by atoms with van der Waals surface area (Å²) in [6.07, 6.45) is 2.69. The van der Waals surface area contributed by atoms with Gasteiger partial charge in [-0.15, -0.1) is 0 Å². The van der Waals surface area contributed by atoms with Crippen LogP contribution in [-0.4, -0.2) is 22.0 Å². The monoisotopic (exact) mass is 300 g/mol. The van der Waals surface area contributed by atoms with Crippen molar-refractivity contribution in [1.82, 2.24) is 10.3 Å². The molecule has 0 spiro atoms. The number of rotatable bonds is 5. The van der Waals surface area contributed by atoms with Crippen molar-refractivity contribution < 1.29 is 19.1 Å². The van der Waals surface area contributed by atoms with E-state index in [1.165, 1.54) is 6.26 Å². The van der Waals surface area contributed by atoms with E-state index in [9.17, 15) is 9.59 Å². The van der Waals surface area contributed by atoms with Crippen LogP contribution in [-0.2, 0) is 16.1 Å². The number of aromatic nitrogens is 1. The maximum absolute atomic E-state index is 12.0. The molecule has 0 aliphatic heterocycles. The number of oxazole rings is 1. The molecular weight excluding hydrogens is 284 g/mol. The van der Waals surface area contributed by atoms with Crippen LogP contribution in [0.5, 0.6) is 0 Å². The SMILES string of the molecule is O=C(O)C1CCC1C(=O)NCc1coc(-c2ccccc2)n1. The molecular formula is C16H16N2O4. The number of carbonyl (C=O) groups excluding carboxylic acids is 1. The van der Waals surface area contributed by atoms with E-state index in [-0.39, 0.29) is 12.5 Å². The summed E-state index contributed by atoms with van der Waals surface area (Å²) in [5, 5.41) is 11.7. The third kappa shape index (κ3) is 2.86. The molecule has 1 amide bonds. The van der Waals surface area contributed by atoms with Gasteiger partial charge in [0.05, 0.1) is 24.1 Å². The number of aliphatic carboxylic acids is 1. The second kappa shape index (κ2) is 6.01. The van der Waals surface area contributed by atoms with Crippen LogP contribution in [0.3, 0.4) is 0 Å². The first-order valence-corrected chi connectivity index (χ1v) is 7.15. The standard InChI is InChI=1S/C16H16N2O4/c19-14(12-6-7-13(12)16(20)21)17-8-11-9-22-15(18-11)10-4-2-1-3-5-10/h1-5,9,12-13H,6-8H2,(H,17,19)(H,20,21). The maximum atomic E-state index is 12.0. The first-order valence-electron chi connectivity index (χ1n) is 7.15. The summed E-state index contributed by atoms with van der Waals surface area (Å²) >= 11 is 0. The molecule has 1 aromatic heterocycles. The van der Waals surface area contributed by atoms with E-state index >= 15 is 0 Å². The summed E-state index contributed by atoms with van der Waals surface area (Å²) in [7, 11) is 0. The van der Waals surface area contributed by atoms with Gasteiger partial charge in [-0.2, -0.15) is 0 Å². The minimum atomic E-state index is -0.904. The van der Waals surface area contributed by atoms with E-state index in [4.69, 9.17) is 9.52 Å². The van der Waals surface area contributed by atoms with Gasteiger partial charge in [0.15, 0.2) is 0 Å². The molecule has 0 bridgehead atoms. The quantitative estimate of drug-likeness (QED) is 0.881. The molecule has 2 atom stereocenters. The molecule has 3 rings (SSSR count). The normalized spacial score (nSPS) is 20.2. The molecule has 22 heavy (non-hydrogen) atoms. The predicted octanol–water partition coefficient (Wildman–Crippen LogP) is 2.07. The Bertz CT molecular complexity index is 680. The lowest BCUT2D eigenvalue weighted by Crippen LogP contribution is -2.43. The second-order valence-corrected chi connectivity index (χ2v) is 5.36. The maximum Gasteiger partial charge on any atom is 0.307 e. The highest BCUT2D eigenvalue weighted by Crippen LogP contribution is 2.34. The first kappa shape index (κ1) is 14.3. The fourth-order valence-electron chi connectivity index (χ4n) is 2.52. The predicted molar refractivity (Wildman–Crippen MR) is 77.6 cm³/mol. The Balaban J connectivity index is 1.57. The summed E-state index contributed by atoms with van der Waals surface area (Å²) in [6.45, 7) is 0.234. The fourth-order valence-corrected chi connectivity index (χ4v) is 2.52. The molecule has 0 saturated heterocycles. The van der Waals surface area contributed by atoms with E-state index in [2.05, 4.69) is 10.3 Å². The molecule has 1 aromatic carbocycles. The molecule has 2 N–H and O–H groups in total. The van der Waals surface area contributed by atoms with Crippen LogP contribution in [0.4, 0.5) is 0 Å². The van der Waals surface area contributed by atoms with Crippen LogP contribution in [0.25, 0.3) is 11.5 Å². The Morgan fingerprint density at radius 1 is 1.23 bits per heavy atom. The molecule has 1 fully saturated rings. The van der Waals surface area contributed by atoms with Gasteiger partial charge in [0, 0.05) is 5.56 Å². The number of carboxylic acid groups (broad SMARTS) is 1. The number of carbonyl (C=O) groups is 2. The fraction of sp³-hybridized carbons (Fsp3) is 0.312. The Hall–Kier alpha value is -2.63. The van der Waals surface area contributed by atoms with E-state index in [1.807, 2.05) is 30.3 Å². The van der Waals surface area contributed by atoms with Gasteiger partial charge in [-0.05, 0) is 25.0 Å². The van der Waals surface area contributed by atoms with Crippen LogP contribution in [0.15, 0.2) is 41.0 Å². The van der Waals surface area contributed by atoms with Gasteiger partial charge in [0.25, 0.3) is 0 Å². The average Bonchev–Trinajstić information content (AvgIpc) is 2.93. The highest BCUT2D eigenvalue weighted by molar-refractivity contribution is 5.86. The highest BCUT2D eigenvalue weighted by Gasteiger charge is 2.41. The summed E-state index contributed by atoms with van der Waals surface area (Å²) < 4.78 is 5.39. The highest BCUT2D eigenvalue weighted by atomic mass is 16.4. The van der Waals surface area contributed by atoms with Gasteiger partial charge in [-0.1, -0.05) is 18.2 Å². The van der Waals surface area contributed by atoms with Gasteiger partial charge < -0.3 is 14.8 Å².